The van der Waals surface area contributed by atoms with Crippen molar-refractivity contribution in [2.45, 2.75) is 147 Å². The minimum Gasteiger partial charge on any atom is -0.481 e. The first-order valence-corrected chi connectivity index (χ1v) is 21.6. The number of thioether (sulfide) groups is 1. The van der Waals surface area contributed by atoms with Crippen molar-refractivity contribution < 1.29 is 78.3 Å². The van der Waals surface area contributed by atoms with Crippen molar-refractivity contribution in [1.29, 1.82) is 0 Å². The smallest absolute Gasteiger partial charge is 0.326 e. The van der Waals surface area contributed by atoms with E-state index >= 15 is 0 Å². The van der Waals surface area contributed by atoms with Gasteiger partial charge in [0.2, 0.25) is 41.4 Å². The first kappa shape index (κ1) is 57.4. The van der Waals surface area contributed by atoms with E-state index in [9.17, 15) is 73.2 Å². The second kappa shape index (κ2) is 28.9. The molecule has 0 aromatic carbocycles. The van der Waals surface area contributed by atoms with Gasteiger partial charge in [-0.1, -0.05) is 34.1 Å². The average Bonchev–Trinajstić information content (AvgIpc) is 3.18. The Balaban J connectivity index is 6.62. The fourth-order valence-electron chi connectivity index (χ4n) is 5.64. The van der Waals surface area contributed by atoms with E-state index in [2.05, 4.69) is 37.2 Å². The molecule has 0 aliphatic carbocycles. The van der Waals surface area contributed by atoms with Gasteiger partial charge < -0.3 is 68.5 Å². The highest BCUT2D eigenvalue weighted by Crippen LogP contribution is 2.14. The molecule has 0 saturated heterocycles. The van der Waals surface area contributed by atoms with E-state index in [-0.39, 0.29) is 18.8 Å². The van der Waals surface area contributed by atoms with Crippen LogP contribution in [0.1, 0.15) is 92.9 Å². The lowest BCUT2D eigenvalue weighted by Gasteiger charge is -2.30. The molecule has 0 fully saturated rings. The molecule has 0 aromatic heterocycles. The molecule has 0 unspecified atom stereocenters. The molecule has 358 valence electrons. The van der Waals surface area contributed by atoms with Crippen LogP contribution in [-0.2, 0) is 52.7 Å². The minimum atomic E-state index is -1.81. The molecule has 0 rings (SSSR count). The predicted octanol–water partition coefficient (Wildman–Crippen LogP) is -2.76. The molecule has 7 amide bonds. The number of aliphatic hydroxyl groups excluding tert-OH is 1. The van der Waals surface area contributed by atoms with E-state index in [0.717, 1.165) is 6.92 Å². The van der Waals surface area contributed by atoms with E-state index in [4.69, 9.17) is 10.8 Å². The van der Waals surface area contributed by atoms with Gasteiger partial charge >= 0.3 is 23.9 Å². The third-order valence-corrected chi connectivity index (χ3v) is 10.1. The van der Waals surface area contributed by atoms with Crippen molar-refractivity contribution in [2.24, 2.45) is 17.6 Å². The molecule has 10 atom stereocenters. The van der Waals surface area contributed by atoms with Crippen molar-refractivity contribution in [3.8, 4) is 0 Å². The number of hydrogen-bond donors (Lipinski definition) is 13. The standard InChI is InChI=1S/C38H64N8O16S/c1-8-18(4)29(36(59)42-23(13-14-63-7)34(57)44-25(38(61)62)16-28(52)53)45-35(58)24(15-17(2)3)43-33(56)21(9-11-26(48)49)40-32(55)22(10-12-27(50)51)41-37(60)30(20(6)47)46-31(54)19(5)39/h17-25,29-30,47H,8-16,39H2,1-7H3,(H,40,55)(H,41,60)(H,42,59)(H,43,56)(H,44,57)(H,45,58)(H,46,54)(H,48,49)(H,50,51)(H,52,53)(H,61,62)/t18-,19-,20+,21-,22-,23-,24-,25-,29-,30-/m0/s1. The van der Waals surface area contributed by atoms with Gasteiger partial charge in [0.05, 0.1) is 18.6 Å². The Bertz CT molecular complexity index is 1630. The third kappa shape index (κ3) is 22.4. The Labute approximate surface area is 368 Å². The summed E-state index contributed by atoms with van der Waals surface area (Å²) in [4.78, 5) is 140. The molecule has 63 heavy (non-hydrogen) atoms. The molecule has 0 aliphatic heterocycles. The zero-order valence-electron chi connectivity index (χ0n) is 36.4. The number of carbonyl (C=O) groups excluding carboxylic acids is 7. The van der Waals surface area contributed by atoms with Crippen LogP contribution in [0.3, 0.4) is 0 Å². The Morgan fingerprint density at radius 1 is 0.524 bits per heavy atom. The van der Waals surface area contributed by atoms with Gasteiger partial charge in [-0.25, -0.2) is 4.79 Å². The Hall–Kier alpha value is -5.56. The zero-order chi connectivity index (χ0) is 48.7. The van der Waals surface area contributed by atoms with Gasteiger partial charge in [0.15, 0.2) is 0 Å². The number of hydrogen-bond acceptors (Lipinski definition) is 14. The van der Waals surface area contributed by atoms with Gasteiger partial charge in [-0.3, -0.25) is 47.9 Å². The van der Waals surface area contributed by atoms with E-state index < -0.39 is 158 Å². The van der Waals surface area contributed by atoms with Crippen LogP contribution in [0.15, 0.2) is 0 Å². The summed E-state index contributed by atoms with van der Waals surface area (Å²) in [5.41, 5.74) is 5.54. The molecular formula is C38H64N8O16S. The molecule has 0 heterocycles. The number of nitrogens with two attached hydrogens (primary N) is 1. The SMILES string of the molecule is CC[C@H](C)[C@H](NC(=O)[C@H](CC(C)C)NC(=O)[C@H](CCC(=O)O)NC(=O)[C@H](CCC(=O)O)NC(=O)[C@@H](NC(=O)[C@H](C)N)[C@@H](C)O)C(=O)N[C@@H](CCSC)C(=O)N[C@@H](CC(=O)O)C(=O)O. The van der Waals surface area contributed by atoms with Crippen molar-refractivity contribution in [3.63, 3.8) is 0 Å². The van der Waals surface area contributed by atoms with Crippen molar-refractivity contribution in [3.05, 3.63) is 0 Å². The van der Waals surface area contributed by atoms with Crippen LogP contribution in [0.25, 0.3) is 0 Å². The first-order valence-electron chi connectivity index (χ1n) is 20.2. The third-order valence-electron chi connectivity index (χ3n) is 9.41. The Morgan fingerprint density at radius 3 is 1.30 bits per heavy atom. The topological polar surface area (TPSA) is 399 Å². The summed E-state index contributed by atoms with van der Waals surface area (Å²) in [6.07, 6.45) is -3.02. The highest BCUT2D eigenvalue weighted by Gasteiger charge is 2.36. The van der Waals surface area contributed by atoms with Crippen LogP contribution in [0.4, 0.5) is 0 Å². The maximum atomic E-state index is 13.9. The van der Waals surface area contributed by atoms with E-state index in [0.29, 0.717) is 12.2 Å². The molecule has 0 aromatic rings. The monoisotopic (exact) mass is 920 g/mol. The quantitative estimate of drug-likeness (QED) is 0.0335. The van der Waals surface area contributed by atoms with Gasteiger partial charge in [-0.2, -0.15) is 11.8 Å². The second-order valence-electron chi connectivity index (χ2n) is 15.4. The maximum Gasteiger partial charge on any atom is 0.326 e. The summed E-state index contributed by atoms with van der Waals surface area (Å²) < 4.78 is 0. The average molecular weight is 921 g/mol. The number of aliphatic hydroxyl groups is 1. The van der Waals surface area contributed by atoms with Gasteiger partial charge in [-0.15, -0.1) is 0 Å². The molecule has 0 radical (unpaired) electrons. The van der Waals surface area contributed by atoms with E-state index in [1.807, 2.05) is 0 Å². The zero-order valence-corrected chi connectivity index (χ0v) is 37.2. The Morgan fingerprint density at radius 2 is 0.921 bits per heavy atom. The molecule has 0 spiro atoms. The predicted molar refractivity (Wildman–Crippen MR) is 224 cm³/mol. The summed E-state index contributed by atoms with van der Waals surface area (Å²) >= 11 is 1.30. The summed E-state index contributed by atoms with van der Waals surface area (Å²) in [5, 5.41) is 63.9. The molecule has 0 saturated carbocycles. The lowest BCUT2D eigenvalue weighted by atomic mass is 9.96. The van der Waals surface area contributed by atoms with Crippen LogP contribution < -0.4 is 43.0 Å². The van der Waals surface area contributed by atoms with Crippen LogP contribution in [-0.4, -0.2) is 157 Å². The maximum absolute atomic E-state index is 13.9. The second-order valence-corrected chi connectivity index (χ2v) is 16.4. The molecule has 14 N–H and O–H groups in total. The van der Waals surface area contributed by atoms with Gasteiger partial charge in [0.1, 0.15) is 42.3 Å². The molecule has 24 nitrogen and oxygen atoms in total. The van der Waals surface area contributed by atoms with Crippen molar-refractivity contribution >= 4 is 77.0 Å². The highest BCUT2D eigenvalue weighted by atomic mass is 32.2. The molecule has 25 heteroatoms. The van der Waals surface area contributed by atoms with Gasteiger partial charge in [0, 0.05) is 12.8 Å². The highest BCUT2D eigenvalue weighted by molar-refractivity contribution is 7.98. The van der Waals surface area contributed by atoms with E-state index in [1.165, 1.54) is 18.7 Å². The van der Waals surface area contributed by atoms with Crippen molar-refractivity contribution in [2.75, 3.05) is 12.0 Å². The number of amides is 7. The summed E-state index contributed by atoms with van der Waals surface area (Å²) in [6.45, 7) is 9.17. The van der Waals surface area contributed by atoms with Crippen LogP contribution in [0.5, 0.6) is 0 Å². The van der Waals surface area contributed by atoms with Crippen molar-refractivity contribution in [1.82, 2.24) is 37.2 Å². The summed E-state index contributed by atoms with van der Waals surface area (Å²) in [6, 6.07) is -12.1. The molecular weight excluding hydrogens is 857 g/mol. The lowest BCUT2D eigenvalue weighted by molar-refractivity contribution is -0.147. The van der Waals surface area contributed by atoms with Gasteiger partial charge in [-0.05, 0) is 63.4 Å². The number of carbonyl (C=O) groups is 11. The number of carboxylic acid groups (broad SMARTS) is 4. The number of aliphatic carboxylic acids is 4. The van der Waals surface area contributed by atoms with Crippen LogP contribution >= 0.6 is 11.8 Å². The van der Waals surface area contributed by atoms with E-state index in [1.54, 1.807) is 34.0 Å². The summed E-state index contributed by atoms with van der Waals surface area (Å²) in [7, 11) is 0. The molecule has 0 bridgehead atoms. The van der Waals surface area contributed by atoms with Crippen LogP contribution in [0, 0.1) is 11.8 Å². The normalized spacial score (nSPS) is 15.8. The minimum absolute atomic E-state index is 0.0130. The summed E-state index contributed by atoms with van der Waals surface area (Å²) in [5.74, 6) is -13.4. The number of carboxylic acids is 4. The fraction of sp³-hybridized carbons (Fsp3) is 0.711. The number of nitrogens with one attached hydrogen (secondary N) is 7. The Kier molecular flexibility index (Phi) is 26.4. The molecule has 0 aliphatic rings. The van der Waals surface area contributed by atoms with Gasteiger partial charge in [0.25, 0.3) is 0 Å². The fourth-order valence-corrected chi connectivity index (χ4v) is 6.11. The lowest BCUT2D eigenvalue weighted by Crippen LogP contribution is -2.61. The first-order chi connectivity index (χ1) is 29.2. The number of rotatable bonds is 31. The largest absolute Gasteiger partial charge is 0.481 e. The van der Waals surface area contributed by atoms with Crippen LogP contribution in [0.2, 0.25) is 0 Å².